The zero-order valence-electron chi connectivity index (χ0n) is 16.4. The van der Waals surface area contributed by atoms with Crippen LogP contribution in [0.4, 0.5) is 4.39 Å². The number of aromatic nitrogens is 4. The summed E-state index contributed by atoms with van der Waals surface area (Å²) < 4.78 is 17.3. The molecule has 0 aliphatic rings. The molecule has 6 nitrogen and oxygen atoms in total. The molecule has 150 valence electrons. The summed E-state index contributed by atoms with van der Waals surface area (Å²) in [5, 5.41) is 9.41. The highest BCUT2D eigenvalue weighted by molar-refractivity contribution is 7.99. The molecule has 0 N–H and O–H groups in total. The summed E-state index contributed by atoms with van der Waals surface area (Å²) in [6.07, 6.45) is 0. The molecule has 0 aliphatic heterocycles. The minimum absolute atomic E-state index is 0.0896. The van der Waals surface area contributed by atoms with Crippen LogP contribution in [0.5, 0.6) is 0 Å². The molecule has 29 heavy (non-hydrogen) atoms. The average molecular weight is 412 g/mol. The van der Waals surface area contributed by atoms with Gasteiger partial charge in [-0.3, -0.25) is 9.20 Å². The molecule has 0 bridgehead atoms. The number of carbonyl (C=O) groups is 1. The van der Waals surface area contributed by atoms with Crippen molar-refractivity contribution < 1.29 is 9.18 Å². The van der Waals surface area contributed by atoms with Crippen molar-refractivity contribution in [3.8, 4) is 0 Å². The van der Waals surface area contributed by atoms with E-state index in [1.165, 1.54) is 23.9 Å². The van der Waals surface area contributed by atoms with E-state index < -0.39 is 0 Å². The number of hydrogen-bond donors (Lipinski definition) is 0. The van der Waals surface area contributed by atoms with Gasteiger partial charge in [-0.2, -0.15) is 0 Å². The first-order valence-corrected chi connectivity index (χ1v) is 10.6. The van der Waals surface area contributed by atoms with E-state index in [1.54, 1.807) is 12.1 Å². The molecule has 4 aromatic rings. The third kappa shape index (κ3) is 3.72. The van der Waals surface area contributed by atoms with Gasteiger partial charge in [-0.25, -0.2) is 4.39 Å². The standard InChI is InChI=1S/C21H22FN5OS/c1-3-25(4-2)19(28)14-29-21-24-23-20-26(13-15-9-11-16(22)12-10-15)17-7-5-6-8-18(17)27(20)21/h5-12H,3-4,13-14H2,1-2H3. The topological polar surface area (TPSA) is 55.4 Å². The predicted molar refractivity (Wildman–Crippen MR) is 113 cm³/mol. The van der Waals surface area contributed by atoms with Crippen LogP contribution >= 0.6 is 11.8 Å². The first kappa shape index (κ1) is 19.4. The van der Waals surface area contributed by atoms with Crippen molar-refractivity contribution in [2.75, 3.05) is 18.8 Å². The lowest BCUT2D eigenvalue weighted by atomic mass is 10.2. The molecule has 0 spiro atoms. The molecule has 8 heteroatoms. The fraction of sp³-hybridized carbons (Fsp3) is 0.286. The van der Waals surface area contributed by atoms with Gasteiger partial charge in [0.25, 0.3) is 0 Å². The highest BCUT2D eigenvalue weighted by Gasteiger charge is 2.19. The van der Waals surface area contributed by atoms with E-state index in [0.29, 0.717) is 36.3 Å². The highest BCUT2D eigenvalue weighted by atomic mass is 32.2. The summed E-state index contributed by atoms with van der Waals surface area (Å²) in [5.74, 6) is 0.857. The summed E-state index contributed by atoms with van der Waals surface area (Å²) in [4.78, 5) is 14.2. The number of amides is 1. The summed E-state index contributed by atoms with van der Waals surface area (Å²) in [7, 11) is 0. The maximum Gasteiger partial charge on any atom is 0.237 e. The van der Waals surface area contributed by atoms with Crippen LogP contribution in [-0.2, 0) is 11.3 Å². The van der Waals surface area contributed by atoms with Gasteiger partial charge in [0.15, 0.2) is 5.16 Å². The van der Waals surface area contributed by atoms with E-state index in [2.05, 4.69) is 14.8 Å². The fourth-order valence-corrected chi connectivity index (χ4v) is 4.30. The molecule has 1 amide bonds. The van der Waals surface area contributed by atoms with Crippen molar-refractivity contribution in [2.24, 2.45) is 0 Å². The van der Waals surface area contributed by atoms with Crippen molar-refractivity contribution in [3.63, 3.8) is 0 Å². The second-order valence-electron chi connectivity index (χ2n) is 6.67. The molecule has 2 aromatic carbocycles. The molecule has 0 saturated carbocycles. The van der Waals surface area contributed by atoms with E-state index >= 15 is 0 Å². The minimum Gasteiger partial charge on any atom is -0.343 e. The SMILES string of the molecule is CCN(CC)C(=O)CSc1nnc2n(Cc3ccc(F)cc3)c3ccccc3n12. The molecular formula is C21H22FN5OS. The minimum atomic E-state index is -0.254. The van der Waals surface area contributed by atoms with Gasteiger partial charge in [-0.05, 0) is 43.7 Å². The highest BCUT2D eigenvalue weighted by Crippen LogP contribution is 2.26. The monoisotopic (exact) mass is 411 g/mol. The third-order valence-electron chi connectivity index (χ3n) is 4.97. The first-order chi connectivity index (χ1) is 14.1. The predicted octanol–water partition coefficient (Wildman–Crippen LogP) is 3.83. The van der Waals surface area contributed by atoms with Crippen LogP contribution in [0.2, 0.25) is 0 Å². The van der Waals surface area contributed by atoms with Gasteiger partial charge in [0.1, 0.15) is 5.82 Å². The van der Waals surface area contributed by atoms with Crippen molar-refractivity contribution in [3.05, 3.63) is 59.9 Å². The maximum atomic E-state index is 13.3. The van der Waals surface area contributed by atoms with Crippen LogP contribution in [0.15, 0.2) is 53.7 Å². The number of thioether (sulfide) groups is 1. The van der Waals surface area contributed by atoms with Crippen LogP contribution in [0, 0.1) is 5.82 Å². The van der Waals surface area contributed by atoms with Crippen LogP contribution in [0.1, 0.15) is 19.4 Å². The van der Waals surface area contributed by atoms with Gasteiger partial charge >= 0.3 is 0 Å². The number of halogens is 1. The first-order valence-electron chi connectivity index (χ1n) is 9.59. The Balaban J connectivity index is 1.70. The largest absolute Gasteiger partial charge is 0.343 e. The van der Waals surface area contributed by atoms with Gasteiger partial charge in [0, 0.05) is 13.1 Å². The normalized spacial score (nSPS) is 11.4. The Morgan fingerprint density at radius 1 is 1.03 bits per heavy atom. The van der Waals surface area contributed by atoms with E-state index in [-0.39, 0.29) is 11.7 Å². The van der Waals surface area contributed by atoms with E-state index in [1.807, 2.05) is 47.4 Å². The summed E-state index contributed by atoms with van der Waals surface area (Å²) in [6, 6.07) is 14.5. The van der Waals surface area contributed by atoms with E-state index in [4.69, 9.17) is 0 Å². The quantitative estimate of drug-likeness (QED) is 0.434. The smallest absolute Gasteiger partial charge is 0.237 e. The molecule has 0 atom stereocenters. The zero-order chi connectivity index (χ0) is 20.4. The Labute approximate surface area is 172 Å². The Bertz CT molecular complexity index is 1150. The van der Waals surface area contributed by atoms with Crippen LogP contribution < -0.4 is 0 Å². The number of hydrogen-bond acceptors (Lipinski definition) is 4. The van der Waals surface area contributed by atoms with Crippen LogP contribution in [-0.4, -0.2) is 48.8 Å². The average Bonchev–Trinajstić information content (AvgIpc) is 3.28. The number of rotatable bonds is 7. The summed E-state index contributed by atoms with van der Waals surface area (Å²) >= 11 is 1.40. The van der Waals surface area contributed by atoms with Crippen molar-refractivity contribution >= 4 is 34.5 Å². The summed E-state index contributed by atoms with van der Waals surface area (Å²) in [5.41, 5.74) is 2.97. The van der Waals surface area contributed by atoms with Gasteiger partial charge in [-0.15, -0.1) is 10.2 Å². The second kappa shape index (κ2) is 8.24. The Morgan fingerprint density at radius 3 is 2.41 bits per heavy atom. The molecule has 0 fully saturated rings. The zero-order valence-corrected chi connectivity index (χ0v) is 17.2. The molecule has 0 saturated heterocycles. The number of imidazole rings is 1. The van der Waals surface area contributed by atoms with Crippen LogP contribution in [0.25, 0.3) is 16.8 Å². The molecule has 0 aliphatic carbocycles. The Morgan fingerprint density at radius 2 is 1.72 bits per heavy atom. The molecule has 2 aromatic heterocycles. The van der Waals surface area contributed by atoms with Gasteiger partial charge in [0.05, 0.1) is 23.3 Å². The summed E-state index contributed by atoms with van der Waals surface area (Å²) in [6.45, 7) is 5.90. The molecule has 0 unspecified atom stereocenters. The van der Waals surface area contributed by atoms with Gasteiger partial charge in [0.2, 0.25) is 11.7 Å². The third-order valence-corrected chi connectivity index (χ3v) is 5.88. The number of para-hydroxylation sites is 2. The van der Waals surface area contributed by atoms with Crippen LogP contribution in [0.3, 0.4) is 0 Å². The lowest BCUT2D eigenvalue weighted by molar-refractivity contribution is -0.127. The van der Waals surface area contributed by atoms with Gasteiger partial charge < -0.3 is 9.47 Å². The van der Waals surface area contributed by atoms with Crippen molar-refractivity contribution in [2.45, 2.75) is 25.5 Å². The maximum absolute atomic E-state index is 13.3. The number of carbonyl (C=O) groups excluding carboxylic acids is 1. The lowest BCUT2D eigenvalue weighted by Gasteiger charge is -2.17. The lowest BCUT2D eigenvalue weighted by Crippen LogP contribution is -2.31. The van der Waals surface area contributed by atoms with Crippen molar-refractivity contribution in [1.82, 2.24) is 24.1 Å². The fourth-order valence-electron chi connectivity index (χ4n) is 3.45. The van der Waals surface area contributed by atoms with E-state index in [0.717, 1.165) is 16.6 Å². The molecule has 4 rings (SSSR count). The molecule has 0 radical (unpaired) electrons. The number of benzene rings is 2. The molecular weight excluding hydrogens is 389 g/mol. The van der Waals surface area contributed by atoms with Crippen molar-refractivity contribution in [1.29, 1.82) is 0 Å². The molecule has 2 heterocycles. The Hall–Kier alpha value is -2.87. The number of nitrogens with zero attached hydrogens (tertiary/aromatic N) is 5. The number of fused-ring (bicyclic) bond motifs is 3. The van der Waals surface area contributed by atoms with E-state index in [9.17, 15) is 9.18 Å². The Kier molecular flexibility index (Phi) is 5.53. The second-order valence-corrected chi connectivity index (χ2v) is 7.62. The van der Waals surface area contributed by atoms with Gasteiger partial charge in [-0.1, -0.05) is 36.0 Å².